The number of nitrogens with two attached hydrogens (primary N) is 1. The van der Waals surface area contributed by atoms with Crippen LogP contribution in [-0.4, -0.2) is 41.7 Å². The number of benzene rings is 1. The Morgan fingerprint density at radius 2 is 2.33 bits per heavy atom. The third-order valence-electron chi connectivity index (χ3n) is 4.26. The van der Waals surface area contributed by atoms with E-state index in [1.807, 2.05) is 26.0 Å². The van der Waals surface area contributed by atoms with E-state index in [1.165, 1.54) is 0 Å². The van der Waals surface area contributed by atoms with Gasteiger partial charge in [-0.15, -0.1) is 0 Å². The smallest absolute Gasteiger partial charge is 0.241 e. The van der Waals surface area contributed by atoms with Crippen molar-refractivity contribution in [3.8, 4) is 0 Å². The Hall–Kier alpha value is -1.59. The average molecular weight is 291 g/mol. The summed E-state index contributed by atoms with van der Waals surface area (Å²) in [5.41, 5.74) is 8.17. The average Bonchev–Trinajstić information content (AvgIpc) is 2.50. The number of nitrogens with one attached hydrogen (secondary N) is 1. The number of hydrogen-bond acceptors (Lipinski definition) is 4. The number of aliphatic hydroxyl groups excluding tert-OH is 1. The van der Waals surface area contributed by atoms with Crippen LogP contribution in [0.2, 0.25) is 0 Å². The van der Waals surface area contributed by atoms with Crippen molar-refractivity contribution in [3.63, 3.8) is 0 Å². The van der Waals surface area contributed by atoms with E-state index >= 15 is 0 Å². The number of carbonyl (C=O) groups excluding carboxylic acids is 1. The first kappa shape index (κ1) is 15.8. The second-order valence-electron chi connectivity index (χ2n) is 5.93. The maximum Gasteiger partial charge on any atom is 0.241 e. The maximum absolute atomic E-state index is 12.4. The van der Waals surface area contributed by atoms with Gasteiger partial charge >= 0.3 is 0 Å². The highest BCUT2D eigenvalue weighted by molar-refractivity contribution is 5.95. The summed E-state index contributed by atoms with van der Waals surface area (Å²) in [6.45, 7) is 5.74. The molecule has 0 radical (unpaired) electrons. The Bertz CT molecular complexity index is 504. The number of anilines is 2. The molecule has 0 aromatic heterocycles. The van der Waals surface area contributed by atoms with Gasteiger partial charge in [0.1, 0.15) is 0 Å². The fourth-order valence-electron chi connectivity index (χ4n) is 2.78. The summed E-state index contributed by atoms with van der Waals surface area (Å²) in [4.78, 5) is 14.6. The Labute approximate surface area is 126 Å². The number of aliphatic hydroxyl groups is 1. The molecule has 1 saturated heterocycles. The zero-order valence-corrected chi connectivity index (χ0v) is 12.8. The number of carbonyl (C=O) groups is 1. The number of rotatable bonds is 4. The normalized spacial score (nSPS) is 21.0. The molecule has 21 heavy (non-hydrogen) atoms. The van der Waals surface area contributed by atoms with Crippen LogP contribution < -0.4 is 11.1 Å². The SMILES string of the molecule is Cc1ccc(N)cc1NC(=O)C(C)N1CCCC(CO)C1. The van der Waals surface area contributed by atoms with Crippen LogP contribution in [0.1, 0.15) is 25.3 Å². The largest absolute Gasteiger partial charge is 0.399 e. The quantitative estimate of drug-likeness (QED) is 0.736. The van der Waals surface area contributed by atoms with Crippen LogP contribution in [0.15, 0.2) is 18.2 Å². The van der Waals surface area contributed by atoms with Gasteiger partial charge in [-0.05, 0) is 56.8 Å². The highest BCUT2D eigenvalue weighted by Gasteiger charge is 2.27. The lowest BCUT2D eigenvalue weighted by Crippen LogP contribution is -2.47. The number of piperidine rings is 1. The number of amides is 1. The lowest BCUT2D eigenvalue weighted by Gasteiger charge is -2.35. The fourth-order valence-corrected chi connectivity index (χ4v) is 2.78. The predicted molar refractivity (Wildman–Crippen MR) is 85.1 cm³/mol. The Morgan fingerprint density at radius 3 is 3.05 bits per heavy atom. The van der Waals surface area contributed by atoms with Gasteiger partial charge in [0.15, 0.2) is 0 Å². The highest BCUT2D eigenvalue weighted by Crippen LogP contribution is 2.21. The first-order chi connectivity index (χ1) is 10.0. The van der Waals surface area contributed by atoms with Crippen LogP contribution in [0.5, 0.6) is 0 Å². The first-order valence-electron chi connectivity index (χ1n) is 7.53. The molecular weight excluding hydrogens is 266 g/mol. The van der Waals surface area contributed by atoms with Crippen molar-refractivity contribution in [1.29, 1.82) is 0 Å². The van der Waals surface area contributed by atoms with E-state index in [0.717, 1.165) is 37.2 Å². The molecule has 1 aromatic carbocycles. The fraction of sp³-hybridized carbons (Fsp3) is 0.562. The van der Waals surface area contributed by atoms with Crippen LogP contribution in [-0.2, 0) is 4.79 Å². The summed E-state index contributed by atoms with van der Waals surface area (Å²) < 4.78 is 0. The minimum absolute atomic E-state index is 0.0257. The Kier molecular flexibility index (Phi) is 5.20. The van der Waals surface area contributed by atoms with Gasteiger partial charge in [0.2, 0.25) is 5.91 Å². The molecule has 0 saturated carbocycles. The van der Waals surface area contributed by atoms with Crippen LogP contribution in [0.4, 0.5) is 11.4 Å². The van der Waals surface area contributed by atoms with Gasteiger partial charge in [-0.25, -0.2) is 0 Å². The maximum atomic E-state index is 12.4. The van der Waals surface area contributed by atoms with Crippen molar-refractivity contribution >= 4 is 17.3 Å². The van der Waals surface area contributed by atoms with Crippen molar-refractivity contribution in [2.45, 2.75) is 32.7 Å². The number of hydrogen-bond donors (Lipinski definition) is 3. The van der Waals surface area contributed by atoms with E-state index in [-0.39, 0.29) is 24.5 Å². The van der Waals surface area contributed by atoms with Crippen molar-refractivity contribution in [1.82, 2.24) is 4.90 Å². The molecule has 1 aromatic rings. The molecule has 2 unspecified atom stereocenters. The van der Waals surface area contributed by atoms with Gasteiger partial charge in [0.05, 0.1) is 6.04 Å². The number of nitrogen functional groups attached to an aromatic ring is 1. The van der Waals surface area contributed by atoms with E-state index in [9.17, 15) is 9.90 Å². The summed E-state index contributed by atoms with van der Waals surface area (Å²) in [6, 6.07) is 5.30. The molecule has 4 N–H and O–H groups in total. The molecule has 1 aliphatic rings. The number of likely N-dealkylation sites (tertiary alicyclic amines) is 1. The molecular formula is C16H25N3O2. The molecule has 0 aliphatic carbocycles. The molecule has 1 fully saturated rings. The predicted octanol–water partition coefficient (Wildman–Crippen LogP) is 1.61. The van der Waals surface area contributed by atoms with Crippen molar-refractivity contribution in [3.05, 3.63) is 23.8 Å². The summed E-state index contributed by atoms with van der Waals surface area (Å²) in [6.07, 6.45) is 2.07. The lowest BCUT2D eigenvalue weighted by atomic mass is 9.97. The molecule has 1 heterocycles. The van der Waals surface area contributed by atoms with Gasteiger partial charge < -0.3 is 16.2 Å². The summed E-state index contributed by atoms with van der Waals surface area (Å²) in [7, 11) is 0. The second-order valence-corrected chi connectivity index (χ2v) is 5.93. The first-order valence-corrected chi connectivity index (χ1v) is 7.53. The van der Waals surface area contributed by atoms with Crippen LogP contribution >= 0.6 is 0 Å². The van der Waals surface area contributed by atoms with Crippen LogP contribution in [0.3, 0.4) is 0 Å². The topological polar surface area (TPSA) is 78.6 Å². The zero-order valence-electron chi connectivity index (χ0n) is 12.8. The molecule has 116 valence electrons. The van der Waals surface area contributed by atoms with E-state index in [2.05, 4.69) is 10.2 Å². The minimum atomic E-state index is -0.208. The molecule has 2 atom stereocenters. The van der Waals surface area contributed by atoms with Crippen molar-refractivity contribution < 1.29 is 9.90 Å². The van der Waals surface area contributed by atoms with Gasteiger partial charge in [-0.1, -0.05) is 6.07 Å². The molecule has 2 rings (SSSR count). The van der Waals surface area contributed by atoms with E-state index in [0.29, 0.717) is 5.69 Å². The second kappa shape index (κ2) is 6.91. The highest BCUT2D eigenvalue weighted by atomic mass is 16.3. The van der Waals surface area contributed by atoms with E-state index in [4.69, 9.17) is 5.73 Å². The zero-order chi connectivity index (χ0) is 15.4. The molecule has 5 heteroatoms. The summed E-state index contributed by atoms with van der Waals surface area (Å²) >= 11 is 0. The van der Waals surface area contributed by atoms with E-state index in [1.54, 1.807) is 6.07 Å². The summed E-state index contributed by atoms with van der Waals surface area (Å²) in [5, 5.41) is 12.2. The van der Waals surface area contributed by atoms with Gasteiger partial charge in [-0.3, -0.25) is 9.69 Å². The van der Waals surface area contributed by atoms with Crippen LogP contribution in [0.25, 0.3) is 0 Å². The third-order valence-corrected chi connectivity index (χ3v) is 4.26. The Morgan fingerprint density at radius 1 is 1.57 bits per heavy atom. The Balaban J connectivity index is 2.00. The molecule has 1 aliphatic heterocycles. The summed E-state index contributed by atoms with van der Waals surface area (Å²) in [5.74, 6) is 0.255. The van der Waals surface area contributed by atoms with Gasteiger partial charge in [-0.2, -0.15) is 0 Å². The van der Waals surface area contributed by atoms with Gasteiger partial charge in [0, 0.05) is 24.5 Å². The number of aryl methyl sites for hydroxylation is 1. The molecule has 0 spiro atoms. The van der Waals surface area contributed by atoms with Crippen LogP contribution in [0, 0.1) is 12.8 Å². The van der Waals surface area contributed by atoms with E-state index < -0.39 is 0 Å². The van der Waals surface area contributed by atoms with Gasteiger partial charge in [0.25, 0.3) is 0 Å². The third kappa shape index (κ3) is 3.95. The minimum Gasteiger partial charge on any atom is -0.399 e. The van der Waals surface area contributed by atoms with Crippen molar-refractivity contribution in [2.24, 2.45) is 5.92 Å². The standard InChI is InChI=1S/C16H25N3O2/c1-11-5-6-14(17)8-15(11)18-16(21)12(2)19-7-3-4-13(9-19)10-20/h5-6,8,12-13,20H,3-4,7,9-10,17H2,1-2H3,(H,18,21). The molecule has 0 bridgehead atoms. The molecule has 5 nitrogen and oxygen atoms in total. The molecule has 1 amide bonds. The van der Waals surface area contributed by atoms with Crippen molar-refractivity contribution in [2.75, 3.05) is 30.7 Å². The monoisotopic (exact) mass is 291 g/mol. The lowest BCUT2D eigenvalue weighted by molar-refractivity contribution is -0.121. The number of nitrogens with zero attached hydrogens (tertiary/aromatic N) is 1.